The van der Waals surface area contributed by atoms with Gasteiger partial charge in [-0.05, 0) is 30.5 Å². The van der Waals surface area contributed by atoms with Crippen molar-refractivity contribution in [3.8, 4) is 0 Å². The summed E-state index contributed by atoms with van der Waals surface area (Å²) < 4.78 is 2.04. The quantitative estimate of drug-likeness (QED) is 0.786. The standard InChI is InChI=1S/C19H22N4O/c1-14-11-15-7-4-5-9-17(15)23(14)13-18(24)21-12-16-8-6-10-20-19(16)22(2)3/h4-11H,12-13H2,1-3H3,(H,21,24). The number of nitrogens with one attached hydrogen (secondary N) is 1. The second-order valence-corrected chi connectivity index (χ2v) is 6.09. The van der Waals surface area contributed by atoms with Crippen LogP contribution in [-0.4, -0.2) is 29.6 Å². The Morgan fingerprint density at radius 3 is 2.79 bits per heavy atom. The Bertz CT molecular complexity index is 867. The molecule has 0 saturated heterocycles. The first-order chi connectivity index (χ1) is 11.6. The lowest BCUT2D eigenvalue weighted by Crippen LogP contribution is -2.28. The summed E-state index contributed by atoms with van der Waals surface area (Å²) in [7, 11) is 3.89. The van der Waals surface area contributed by atoms with E-state index in [4.69, 9.17) is 0 Å². The zero-order valence-electron chi connectivity index (χ0n) is 14.3. The van der Waals surface area contributed by atoms with E-state index in [2.05, 4.69) is 22.4 Å². The van der Waals surface area contributed by atoms with Crippen LogP contribution in [0.3, 0.4) is 0 Å². The lowest BCUT2D eigenvalue weighted by molar-refractivity contribution is -0.121. The van der Waals surface area contributed by atoms with Crippen molar-refractivity contribution in [2.45, 2.75) is 20.0 Å². The molecule has 0 radical (unpaired) electrons. The van der Waals surface area contributed by atoms with Crippen LogP contribution in [0.2, 0.25) is 0 Å². The minimum absolute atomic E-state index is 0.00647. The maximum Gasteiger partial charge on any atom is 0.240 e. The van der Waals surface area contributed by atoms with E-state index in [1.807, 2.05) is 60.8 Å². The van der Waals surface area contributed by atoms with Crippen LogP contribution in [-0.2, 0) is 17.9 Å². The number of carbonyl (C=O) groups is 1. The summed E-state index contributed by atoms with van der Waals surface area (Å²) in [4.78, 5) is 18.7. The van der Waals surface area contributed by atoms with E-state index in [-0.39, 0.29) is 5.91 Å². The smallest absolute Gasteiger partial charge is 0.240 e. The van der Waals surface area contributed by atoms with Gasteiger partial charge in [-0.15, -0.1) is 0 Å². The SMILES string of the molecule is Cc1cc2ccccc2n1CC(=O)NCc1cccnc1N(C)C. The molecule has 0 bridgehead atoms. The molecule has 5 nitrogen and oxygen atoms in total. The number of carbonyl (C=O) groups excluding carboxylic acids is 1. The molecule has 0 unspecified atom stereocenters. The van der Waals surface area contributed by atoms with Gasteiger partial charge in [-0.1, -0.05) is 24.3 Å². The van der Waals surface area contributed by atoms with Crippen LogP contribution in [0.5, 0.6) is 0 Å². The molecule has 0 fully saturated rings. The first kappa shape index (κ1) is 16.1. The summed E-state index contributed by atoms with van der Waals surface area (Å²) >= 11 is 0. The van der Waals surface area contributed by atoms with Gasteiger partial charge in [0, 0.05) is 43.6 Å². The van der Waals surface area contributed by atoms with Crippen molar-refractivity contribution in [2.75, 3.05) is 19.0 Å². The zero-order valence-corrected chi connectivity index (χ0v) is 14.3. The van der Waals surface area contributed by atoms with Crippen molar-refractivity contribution < 1.29 is 4.79 Å². The summed E-state index contributed by atoms with van der Waals surface area (Å²) in [5.74, 6) is 0.869. The number of anilines is 1. The minimum atomic E-state index is -0.00647. The van der Waals surface area contributed by atoms with Crippen LogP contribution in [0.4, 0.5) is 5.82 Å². The normalized spacial score (nSPS) is 10.8. The topological polar surface area (TPSA) is 50.2 Å². The maximum absolute atomic E-state index is 12.4. The lowest BCUT2D eigenvalue weighted by Gasteiger charge is -2.16. The van der Waals surface area contributed by atoms with Crippen LogP contribution < -0.4 is 10.2 Å². The Morgan fingerprint density at radius 1 is 1.21 bits per heavy atom. The highest BCUT2D eigenvalue weighted by molar-refractivity contribution is 5.84. The fourth-order valence-electron chi connectivity index (χ4n) is 2.92. The van der Waals surface area contributed by atoms with Crippen molar-refractivity contribution in [1.29, 1.82) is 0 Å². The Labute approximate surface area is 141 Å². The molecule has 1 aromatic carbocycles. The molecule has 3 rings (SSSR count). The van der Waals surface area contributed by atoms with Gasteiger partial charge in [0.1, 0.15) is 12.4 Å². The van der Waals surface area contributed by atoms with Crippen LogP contribution in [0.25, 0.3) is 10.9 Å². The van der Waals surface area contributed by atoms with Crippen LogP contribution in [0.15, 0.2) is 48.7 Å². The molecule has 24 heavy (non-hydrogen) atoms. The fourth-order valence-corrected chi connectivity index (χ4v) is 2.92. The van der Waals surface area contributed by atoms with Crippen LogP contribution in [0.1, 0.15) is 11.3 Å². The third-order valence-electron chi connectivity index (χ3n) is 4.09. The number of rotatable bonds is 5. The van der Waals surface area contributed by atoms with Crippen molar-refractivity contribution in [1.82, 2.24) is 14.9 Å². The van der Waals surface area contributed by atoms with E-state index in [9.17, 15) is 4.79 Å². The maximum atomic E-state index is 12.4. The molecule has 3 aromatic rings. The van der Waals surface area contributed by atoms with E-state index in [0.29, 0.717) is 13.1 Å². The number of nitrogens with zero attached hydrogens (tertiary/aromatic N) is 3. The molecule has 0 aliphatic carbocycles. The molecule has 0 aliphatic heterocycles. The predicted molar refractivity (Wildman–Crippen MR) is 97.1 cm³/mol. The summed E-state index contributed by atoms with van der Waals surface area (Å²) in [5, 5.41) is 4.16. The average molecular weight is 322 g/mol. The molecule has 0 aliphatic rings. The first-order valence-corrected chi connectivity index (χ1v) is 7.99. The molecule has 1 amide bonds. The van der Waals surface area contributed by atoms with Gasteiger partial charge < -0.3 is 14.8 Å². The molecule has 5 heteroatoms. The van der Waals surface area contributed by atoms with Crippen LogP contribution >= 0.6 is 0 Å². The third kappa shape index (κ3) is 3.25. The molecule has 2 aromatic heterocycles. The summed E-state index contributed by atoms with van der Waals surface area (Å²) in [6, 6.07) is 14.1. The fraction of sp³-hybridized carbons (Fsp3) is 0.263. The van der Waals surface area contributed by atoms with Gasteiger partial charge in [0.2, 0.25) is 5.91 Å². The molecule has 0 spiro atoms. The van der Waals surface area contributed by atoms with E-state index >= 15 is 0 Å². The molecular formula is C19H22N4O. The summed E-state index contributed by atoms with van der Waals surface area (Å²) in [6.45, 7) is 2.81. The highest BCUT2D eigenvalue weighted by Crippen LogP contribution is 2.19. The van der Waals surface area contributed by atoms with Crippen LogP contribution in [0, 0.1) is 6.92 Å². The van der Waals surface area contributed by atoms with Gasteiger partial charge in [0.25, 0.3) is 0 Å². The second-order valence-electron chi connectivity index (χ2n) is 6.09. The Morgan fingerprint density at radius 2 is 2.00 bits per heavy atom. The highest BCUT2D eigenvalue weighted by atomic mass is 16.1. The Hall–Kier alpha value is -2.82. The Kier molecular flexibility index (Phi) is 4.51. The molecule has 2 heterocycles. The number of benzene rings is 1. The first-order valence-electron chi connectivity index (χ1n) is 7.99. The number of para-hydroxylation sites is 1. The monoisotopic (exact) mass is 322 g/mol. The number of fused-ring (bicyclic) bond motifs is 1. The molecule has 0 atom stereocenters. The van der Waals surface area contributed by atoms with Gasteiger partial charge in [-0.3, -0.25) is 4.79 Å². The van der Waals surface area contributed by atoms with Crippen molar-refractivity contribution in [2.24, 2.45) is 0 Å². The van der Waals surface area contributed by atoms with E-state index < -0.39 is 0 Å². The summed E-state index contributed by atoms with van der Waals surface area (Å²) in [5.41, 5.74) is 3.17. The van der Waals surface area contributed by atoms with Gasteiger partial charge in [0.15, 0.2) is 0 Å². The van der Waals surface area contributed by atoms with E-state index in [1.54, 1.807) is 6.20 Å². The number of amides is 1. The average Bonchev–Trinajstić information content (AvgIpc) is 2.89. The summed E-state index contributed by atoms with van der Waals surface area (Å²) in [6.07, 6.45) is 1.76. The molecule has 1 N–H and O–H groups in total. The van der Waals surface area contributed by atoms with Gasteiger partial charge in [0.05, 0.1) is 0 Å². The number of hydrogen-bond acceptors (Lipinski definition) is 3. The van der Waals surface area contributed by atoms with Gasteiger partial charge >= 0.3 is 0 Å². The molecule has 0 saturated carbocycles. The second kappa shape index (κ2) is 6.74. The minimum Gasteiger partial charge on any atom is -0.362 e. The van der Waals surface area contributed by atoms with E-state index in [1.165, 1.54) is 0 Å². The van der Waals surface area contributed by atoms with Gasteiger partial charge in [-0.25, -0.2) is 4.98 Å². The molecule has 124 valence electrons. The highest BCUT2D eigenvalue weighted by Gasteiger charge is 2.11. The lowest BCUT2D eigenvalue weighted by atomic mass is 10.2. The van der Waals surface area contributed by atoms with Crippen molar-refractivity contribution >= 4 is 22.6 Å². The number of aryl methyl sites for hydroxylation is 1. The Balaban J connectivity index is 1.71. The molecular weight excluding hydrogens is 300 g/mol. The van der Waals surface area contributed by atoms with E-state index in [0.717, 1.165) is 28.0 Å². The largest absolute Gasteiger partial charge is 0.362 e. The predicted octanol–water partition coefficient (Wildman–Crippen LogP) is 2.73. The number of aromatic nitrogens is 2. The number of pyridine rings is 1. The van der Waals surface area contributed by atoms with Gasteiger partial charge in [-0.2, -0.15) is 0 Å². The van der Waals surface area contributed by atoms with Crippen molar-refractivity contribution in [3.05, 3.63) is 59.9 Å². The third-order valence-corrected chi connectivity index (χ3v) is 4.09. The number of hydrogen-bond donors (Lipinski definition) is 1. The van der Waals surface area contributed by atoms with Crippen molar-refractivity contribution in [3.63, 3.8) is 0 Å². The zero-order chi connectivity index (χ0) is 17.1.